The highest BCUT2D eigenvalue weighted by molar-refractivity contribution is 7.80. The van der Waals surface area contributed by atoms with E-state index in [2.05, 4.69) is 74.7 Å². The van der Waals surface area contributed by atoms with Gasteiger partial charge in [-0.1, -0.05) is 43.3 Å². The van der Waals surface area contributed by atoms with E-state index in [9.17, 15) is 0 Å². The number of hydrogen-bond acceptors (Lipinski definition) is 1. The molecule has 0 saturated heterocycles. The number of nitrogens with one attached hydrogen (secondary N) is 2. The summed E-state index contributed by atoms with van der Waals surface area (Å²) in [5, 5.41) is 7.41. The Labute approximate surface area is 139 Å². The maximum atomic E-state index is 5.49. The second-order valence-corrected chi connectivity index (χ2v) is 6.13. The van der Waals surface area contributed by atoms with Crippen LogP contribution in [0.4, 0.5) is 5.69 Å². The number of aryl methyl sites for hydroxylation is 3. The molecule has 0 heterocycles. The molecule has 0 radical (unpaired) electrons. The van der Waals surface area contributed by atoms with Crippen LogP contribution in [0.2, 0.25) is 0 Å². The quantitative estimate of drug-likeness (QED) is 0.773. The second-order valence-electron chi connectivity index (χ2n) is 5.72. The molecule has 22 heavy (non-hydrogen) atoms. The maximum Gasteiger partial charge on any atom is 0.171 e. The molecule has 2 nitrogen and oxygen atoms in total. The van der Waals surface area contributed by atoms with Crippen molar-refractivity contribution in [2.75, 3.05) is 5.32 Å². The van der Waals surface area contributed by atoms with E-state index in [-0.39, 0.29) is 6.04 Å². The molecular weight excluding hydrogens is 288 g/mol. The zero-order chi connectivity index (χ0) is 16.1. The molecule has 0 amide bonds. The lowest BCUT2D eigenvalue weighted by molar-refractivity contribution is 0.629. The van der Waals surface area contributed by atoms with Crippen molar-refractivity contribution < 1.29 is 0 Å². The average molecular weight is 312 g/mol. The highest BCUT2D eigenvalue weighted by atomic mass is 32.1. The highest BCUT2D eigenvalue weighted by Crippen LogP contribution is 2.21. The Morgan fingerprint density at radius 2 is 1.64 bits per heavy atom. The largest absolute Gasteiger partial charge is 0.356 e. The van der Waals surface area contributed by atoms with E-state index in [0.29, 0.717) is 5.11 Å². The third kappa shape index (κ3) is 4.08. The van der Waals surface area contributed by atoms with E-state index in [4.69, 9.17) is 12.2 Å². The number of hydrogen-bond donors (Lipinski definition) is 2. The van der Waals surface area contributed by atoms with E-state index in [1.54, 1.807) is 0 Å². The van der Waals surface area contributed by atoms with Gasteiger partial charge in [-0.15, -0.1) is 0 Å². The molecule has 0 fully saturated rings. The first-order valence-corrected chi connectivity index (χ1v) is 8.12. The molecule has 1 unspecified atom stereocenters. The summed E-state index contributed by atoms with van der Waals surface area (Å²) in [6, 6.07) is 15.0. The van der Waals surface area contributed by atoms with Crippen LogP contribution in [0.25, 0.3) is 0 Å². The monoisotopic (exact) mass is 312 g/mol. The number of rotatable bonds is 4. The topological polar surface area (TPSA) is 24.1 Å². The van der Waals surface area contributed by atoms with Gasteiger partial charge in [-0.05, 0) is 67.7 Å². The van der Waals surface area contributed by atoms with Gasteiger partial charge in [-0.2, -0.15) is 0 Å². The summed E-state index contributed by atoms with van der Waals surface area (Å²) in [5.74, 6) is 0. The van der Waals surface area contributed by atoms with Gasteiger partial charge in [0.15, 0.2) is 5.11 Å². The summed E-state index contributed by atoms with van der Waals surface area (Å²) in [4.78, 5) is 0. The van der Waals surface area contributed by atoms with Gasteiger partial charge in [0.05, 0.1) is 6.04 Å². The average Bonchev–Trinajstić information content (AvgIpc) is 2.51. The molecule has 116 valence electrons. The Balaban J connectivity index is 2.08. The summed E-state index contributed by atoms with van der Waals surface area (Å²) >= 11 is 5.49. The lowest BCUT2D eigenvalue weighted by Crippen LogP contribution is -2.32. The van der Waals surface area contributed by atoms with Crippen molar-refractivity contribution in [1.29, 1.82) is 0 Å². The minimum Gasteiger partial charge on any atom is -0.356 e. The molecule has 0 saturated carbocycles. The first-order valence-electron chi connectivity index (χ1n) is 7.71. The minimum absolute atomic E-state index is 0.230. The Hall–Kier alpha value is -1.87. The first-order chi connectivity index (χ1) is 10.5. The van der Waals surface area contributed by atoms with Crippen LogP contribution >= 0.6 is 12.2 Å². The van der Waals surface area contributed by atoms with Gasteiger partial charge >= 0.3 is 0 Å². The van der Waals surface area contributed by atoms with E-state index < -0.39 is 0 Å². The van der Waals surface area contributed by atoms with Gasteiger partial charge in [0.2, 0.25) is 0 Å². The smallest absolute Gasteiger partial charge is 0.171 e. The summed E-state index contributed by atoms with van der Waals surface area (Å²) in [5.41, 5.74) is 6.11. The molecule has 3 heteroatoms. The van der Waals surface area contributed by atoms with Crippen LogP contribution in [0.5, 0.6) is 0 Å². The summed E-state index contributed by atoms with van der Waals surface area (Å²) in [7, 11) is 0. The minimum atomic E-state index is 0.230. The van der Waals surface area contributed by atoms with Crippen LogP contribution in [0, 0.1) is 20.8 Å². The number of thiocarbonyl (C=S) groups is 1. The van der Waals surface area contributed by atoms with Crippen LogP contribution in [0.1, 0.15) is 41.6 Å². The van der Waals surface area contributed by atoms with Crippen molar-refractivity contribution in [1.82, 2.24) is 5.32 Å². The molecule has 2 aromatic carbocycles. The molecule has 0 spiro atoms. The maximum absolute atomic E-state index is 5.49. The predicted molar refractivity (Wildman–Crippen MR) is 99.5 cm³/mol. The highest BCUT2D eigenvalue weighted by Gasteiger charge is 2.11. The Kier molecular flexibility index (Phi) is 5.56. The van der Waals surface area contributed by atoms with Gasteiger partial charge in [0.25, 0.3) is 0 Å². The van der Waals surface area contributed by atoms with Crippen LogP contribution in [0.15, 0.2) is 42.5 Å². The second kappa shape index (κ2) is 7.41. The molecule has 0 aliphatic heterocycles. The van der Waals surface area contributed by atoms with Gasteiger partial charge in [-0.25, -0.2) is 0 Å². The summed E-state index contributed by atoms with van der Waals surface area (Å²) in [6.07, 6.45) is 0.984. The van der Waals surface area contributed by atoms with Gasteiger partial charge in [-0.3, -0.25) is 0 Å². The molecule has 0 aromatic heterocycles. The van der Waals surface area contributed by atoms with Gasteiger partial charge in [0, 0.05) is 5.69 Å². The summed E-state index contributed by atoms with van der Waals surface area (Å²) in [6.45, 7) is 8.51. The van der Waals surface area contributed by atoms with Crippen molar-refractivity contribution in [3.8, 4) is 0 Å². The van der Waals surface area contributed by atoms with Crippen molar-refractivity contribution >= 4 is 23.0 Å². The lowest BCUT2D eigenvalue weighted by atomic mass is 10.0. The zero-order valence-electron chi connectivity index (χ0n) is 13.7. The van der Waals surface area contributed by atoms with E-state index in [1.165, 1.54) is 22.3 Å². The van der Waals surface area contributed by atoms with Crippen LogP contribution in [0.3, 0.4) is 0 Å². The normalized spacial score (nSPS) is 11.8. The third-order valence-corrected chi connectivity index (χ3v) is 4.22. The molecule has 2 aromatic rings. The third-order valence-electron chi connectivity index (χ3n) is 4.00. The molecule has 2 rings (SSSR count). The molecule has 2 N–H and O–H groups in total. The lowest BCUT2D eigenvalue weighted by Gasteiger charge is -2.21. The van der Waals surface area contributed by atoms with E-state index in [1.807, 2.05) is 6.07 Å². The fraction of sp³-hybridized carbons (Fsp3) is 0.316. The standard InChI is InChI=1S/C19H24N2S/c1-5-17(16-9-7-6-8-10-16)20-19(22)21-18-12-14(3)13(2)11-15(18)4/h6-12,17H,5H2,1-4H3,(H2,20,21,22). The van der Waals surface area contributed by atoms with Crippen molar-refractivity contribution in [2.45, 2.75) is 40.2 Å². The zero-order valence-corrected chi connectivity index (χ0v) is 14.6. The Morgan fingerprint density at radius 1 is 1.00 bits per heavy atom. The van der Waals surface area contributed by atoms with Crippen molar-refractivity contribution in [3.05, 3.63) is 64.7 Å². The molecular formula is C19H24N2S. The SMILES string of the molecule is CCC(NC(=S)Nc1cc(C)c(C)cc1C)c1ccccc1. The predicted octanol–water partition coefficient (Wildman–Crippen LogP) is 5.05. The Bertz CT molecular complexity index is 650. The fourth-order valence-electron chi connectivity index (χ4n) is 2.52. The first kappa shape index (κ1) is 16.5. The molecule has 0 bridgehead atoms. The van der Waals surface area contributed by atoms with Crippen LogP contribution in [-0.2, 0) is 0 Å². The summed E-state index contributed by atoms with van der Waals surface area (Å²) < 4.78 is 0. The number of benzene rings is 2. The van der Waals surface area contributed by atoms with E-state index in [0.717, 1.165) is 12.1 Å². The molecule has 0 aliphatic rings. The number of anilines is 1. The fourth-order valence-corrected chi connectivity index (χ4v) is 2.77. The van der Waals surface area contributed by atoms with E-state index >= 15 is 0 Å². The van der Waals surface area contributed by atoms with Crippen molar-refractivity contribution in [2.24, 2.45) is 0 Å². The van der Waals surface area contributed by atoms with Gasteiger partial charge in [0.1, 0.15) is 0 Å². The van der Waals surface area contributed by atoms with Gasteiger partial charge < -0.3 is 10.6 Å². The molecule has 0 aliphatic carbocycles. The van der Waals surface area contributed by atoms with Crippen molar-refractivity contribution in [3.63, 3.8) is 0 Å². The molecule has 1 atom stereocenters. The van der Waals surface area contributed by atoms with Crippen LogP contribution < -0.4 is 10.6 Å². The Morgan fingerprint density at radius 3 is 2.27 bits per heavy atom. The van der Waals surface area contributed by atoms with Crippen LogP contribution in [-0.4, -0.2) is 5.11 Å².